The van der Waals surface area contributed by atoms with Crippen molar-refractivity contribution in [2.45, 2.75) is 74.1 Å². The second-order valence-electron chi connectivity index (χ2n) is 10.1. The Bertz CT molecular complexity index is 993. The molecule has 1 nitrogen and oxygen atoms in total. The van der Waals surface area contributed by atoms with E-state index in [9.17, 15) is 0 Å². The van der Waals surface area contributed by atoms with Crippen molar-refractivity contribution >= 4 is 16.1 Å². The minimum Gasteiger partial charge on any atom is -0.255 e. The molecule has 33 heavy (non-hydrogen) atoms. The van der Waals surface area contributed by atoms with Gasteiger partial charge in [0.25, 0.3) is 0 Å². The Kier molecular flexibility index (Phi) is 6.41. The summed E-state index contributed by atoms with van der Waals surface area (Å²) in [6.07, 6.45) is 8.32. The summed E-state index contributed by atoms with van der Waals surface area (Å²) >= 11 is 0. The Labute approximate surface area is 202 Å². The molecule has 0 amide bonds. The van der Waals surface area contributed by atoms with E-state index in [0.717, 1.165) is 11.3 Å². The van der Waals surface area contributed by atoms with Crippen LogP contribution in [0.4, 0.5) is 0 Å². The zero-order chi connectivity index (χ0) is 22.2. The molecule has 3 aromatic carbocycles. The largest absolute Gasteiger partial charge is 0.255 e. The molecule has 0 aliphatic carbocycles. The Balaban J connectivity index is 1.44. The molecule has 0 N–H and O–H groups in total. The van der Waals surface area contributed by atoms with Gasteiger partial charge in [-0.05, 0) is 83.9 Å². The summed E-state index contributed by atoms with van der Waals surface area (Å²) < 4.78 is 3.20. The molecule has 0 radical (unpaired) electrons. The molecule has 0 saturated carbocycles. The van der Waals surface area contributed by atoms with Gasteiger partial charge in [-0.3, -0.25) is 4.44 Å². The topological polar surface area (TPSA) is 3.24 Å². The minimum absolute atomic E-state index is 0.145. The first-order valence-electron chi connectivity index (χ1n) is 12.8. The van der Waals surface area contributed by atoms with E-state index >= 15 is 0 Å². The maximum absolute atomic E-state index is 3.20. The van der Waals surface area contributed by atoms with Gasteiger partial charge in [0, 0.05) is 23.0 Å². The van der Waals surface area contributed by atoms with Crippen molar-refractivity contribution in [3.05, 3.63) is 108 Å². The van der Waals surface area contributed by atoms with Crippen molar-refractivity contribution in [2.24, 2.45) is 0 Å². The van der Waals surface area contributed by atoms with Gasteiger partial charge < -0.3 is 0 Å². The number of hydrogen-bond acceptors (Lipinski definition) is 1. The zero-order valence-electron chi connectivity index (χ0n) is 19.6. The monoisotopic (exact) mass is 471 g/mol. The van der Waals surface area contributed by atoms with Crippen LogP contribution in [-0.4, -0.2) is 16.1 Å². The van der Waals surface area contributed by atoms with E-state index in [0.29, 0.717) is 17.4 Å². The molecule has 3 aromatic rings. The molecule has 2 unspecified atom stereocenters. The third-order valence-electron chi connectivity index (χ3n) is 8.16. The van der Waals surface area contributed by atoms with Crippen molar-refractivity contribution in [3.63, 3.8) is 0 Å². The fourth-order valence-corrected chi connectivity index (χ4v) is 15.9. The van der Waals surface area contributed by atoms with Crippen molar-refractivity contribution in [1.29, 1.82) is 0 Å². The molecule has 0 spiro atoms. The summed E-state index contributed by atoms with van der Waals surface area (Å²) in [6, 6.07) is 35.3. The molecule has 170 valence electrons. The van der Waals surface area contributed by atoms with Crippen LogP contribution in [-0.2, 0) is 0 Å². The second kappa shape index (κ2) is 9.62. The van der Waals surface area contributed by atoms with Gasteiger partial charge in [0.1, 0.15) is 0 Å². The van der Waals surface area contributed by atoms with Gasteiger partial charge in [-0.2, -0.15) is 0 Å². The maximum Gasteiger partial charge on any atom is 0.0183 e. The molecule has 3 aliphatic heterocycles. The third-order valence-corrected chi connectivity index (χ3v) is 16.0. The van der Waals surface area contributed by atoms with E-state index in [4.69, 9.17) is 0 Å². The molecule has 3 fully saturated rings. The van der Waals surface area contributed by atoms with E-state index in [1.165, 1.54) is 38.5 Å². The van der Waals surface area contributed by atoms with Crippen LogP contribution in [0.5, 0.6) is 0 Å². The first-order chi connectivity index (χ1) is 16.3. The van der Waals surface area contributed by atoms with Gasteiger partial charge in [-0.1, -0.05) is 91.0 Å². The molecule has 3 aliphatic rings. The van der Waals surface area contributed by atoms with Gasteiger partial charge in [-0.25, -0.2) is 0 Å². The summed E-state index contributed by atoms with van der Waals surface area (Å²) in [6.45, 7) is 2.56. The molecule has 3 heteroatoms. The van der Waals surface area contributed by atoms with Gasteiger partial charge >= 0.3 is 0 Å². The smallest absolute Gasteiger partial charge is 0.0183 e. The lowest BCUT2D eigenvalue weighted by Crippen LogP contribution is -2.34. The molecule has 3 saturated heterocycles. The summed E-state index contributed by atoms with van der Waals surface area (Å²) in [4.78, 5) is 0. The van der Waals surface area contributed by atoms with Gasteiger partial charge in [-0.15, -0.1) is 0 Å². The maximum atomic E-state index is 3.20. The van der Waals surface area contributed by atoms with E-state index in [1.54, 1.807) is 16.7 Å². The van der Waals surface area contributed by atoms with Crippen LogP contribution < -0.4 is 0 Å². The van der Waals surface area contributed by atoms with Crippen LogP contribution in [0.25, 0.3) is 0 Å². The number of fused-ring (bicyclic) bond motifs is 1. The number of nitrogens with zero attached hydrogens (tertiary/aromatic N) is 1. The molecule has 6 rings (SSSR count). The summed E-state index contributed by atoms with van der Waals surface area (Å²) in [5.41, 5.74) is 7.86. The van der Waals surface area contributed by atoms with E-state index in [2.05, 4.69) is 102 Å². The summed E-state index contributed by atoms with van der Waals surface area (Å²) in [5.74, 6) is 0. The number of rotatable bonds is 4. The SMILES string of the molecule is CC1CC[C@@H]2CC[C@@H](c3ccccc3)P2N1P1[C@H](c2ccccc2)CC[C@H]1c1ccccc1. The Morgan fingerprint density at radius 1 is 0.515 bits per heavy atom. The molecule has 0 aromatic heterocycles. The van der Waals surface area contributed by atoms with Crippen molar-refractivity contribution in [1.82, 2.24) is 4.44 Å². The lowest BCUT2D eigenvalue weighted by Gasteiger charge is -2.51. The Morgan fingerprint density at radius 3 is 1.39 bits per heavy atom. The average molecular weight is 472 g/mol. The quantitative estimate of drug-likeness (QED) is 0.343. The highest BCUT2D eigenvalue weighted by Crippen LogP contribution is 2.83. The number of hydrogen-bond donors (Lipinski definition) is 0. The second-order valence-corrected chi connectivity index (χ2v) is 15.4. The Hall–Kier alpha value is -1.52. The molecular formula is C30H35NP2. The van der Waals surface area contributed by atoms with Crippen LogP contribution in [0.3, 0.4) is 0 Å². The van der Waals surface area contributed by atoms with Gasteiger partial charge in [0.15, 0.2) is 0 Å². The first-order valence-corrected chi connectivity index (χ1v) is 15.7. The highest BCUT2D eigenvalue weighted by molar-refractivity contribution is 7.71. The molecule has 0 bridgehead atoms. The van der Waals surface area contributed by atoms with Crippen molar-refractivity contribution in [3.8, 4) is 0 Å². The minimum atomic E-state index is -0.269. The van der Waals surface area contributed by atoms with E-state index < -0.39 is 0 Å². The number of benzene rings is 3. The van der Waals surface area contributed by atoms with Gasteiger partial charge in [0.05, 0.1) is 0 Å². The third kappa shape index (κ3) is 4.12. The highest BCUT2D eigenvalue weighted by atomic mass is 31.2. The highest BCUT2D eigenvalue weighted by Gasteiger charge is 2.52. The van der Waals surface area contributed by atoms with Crippen LogP contribution in [0.1, 0.15) is 79.1 Å². The van der Waals surface area contributed by atoms with Crippen LogP contribution in [0.15, 0.2) is 91.0 Å². The summed E-state index contributed by atoms with van der Waals surface area (Å²) in [5, 5.41) is 0. The van der Waals surface area contributed by atoms with Crippen LogP contribution in [0, 0.1) is 0 Å². The summed E-state index contributed by atoms with van der Waals surface area (Å²) in [7, 11) is -0.414. The van der Waals surface area contributed by atoms with E-state index in [1.807, 2.05) is 0 Å². The lowest BCUT2D eigenvalue weighted by molar-refractivity contribution is 0.433. The average Bonchev–Trinajstić information content (AvgIpc) is 3.51. The normalized spacial score (nSPS) is 32.6. The fraction of sp³-hybridized carbons (Fsp3) is 0.400. The Morgan fingerprint density at radius 2 is 0.909 bits per heavy atom. The van der Waals surface area contributed by atoms with Crippen molar-refractivity contribution in [2.75, 3.05) is 0 Å². The predicted molar refractivity (Wildman–Crippen MR) is 144 cm³/mol. The van der Waals surface area contributed by atoms with Crippen molar-refractivity contribution < 1.29 is 0 Å². The molecule has 6 atom stereocenters. The fourth-order valence-electron chi connectivity index (χ4n) is 6.65. The standard InChI is InChI=1S/C30H35NP2/c1-23-17-18-27-19-20-28(24-11-5-2-6-12-24)32(27)31(23)33-29(25-13-7-3-8-14-25)21-22-30(33)26-15-9-4-10-16-26/h2-16,23,27-30H,17-22H2,1H3/t23?,27-,28+,29+,30+,32?/m1/s1. The van der Waals surface area contributed by atoms with Crippen LogP contribution in [0.2, 0.25) is 0 Å². The molecular weight excluding hydrogens is 436 g/mol. The first kappa shape index (κ1) is 22.0. The molecule has 3 heterocycles. The van der Waals surface area contributed by atoms with E-state index in [-0.39, 0.29) is 16.1 Å². The van der Waals surface area contributed by atoms with Gasteiger partial charge in [0.2, 0.25) is 0 Å². The predicted octanol–water partition coefficient (Wildman–Crippen LogP) is 9.44. The zero-order valence-corrected chi connectivity index (χ0v) is 21.4. The van der Waals surface area contributed by atoms with Crippen LogP contribution >= 0.6 is 16.1 Å². The lowest BCUT2D eigenvalue weighted by atomic mass is 10.0.